The van der Waals surface area contributed by atoms with Crippen molar-refractivity contribution in [2.45, 2.75) is 46.3 Å². The molecule has 0 aromatic heterocycles. The molecule has 88 valence electrons. The first-order valence-corrected chi connectivity index (χ1v) is 4.86. The number of carboxylic acids is 1. The van der Waals surface area contributed by atoms with Gasteiger partial charge in [0.15, 0.2) is 0 Å². The molecule has 0 saturated heterocycles. The van der Waals surface area contributed by atoms with Crippen LogP contribution in [0.25, 0.3) is 0 Å². The molecule has 0 fully saturated rings. The zero-order chi connectivity index (χ0) is 12.2. The van der Waals surface area contributed by atoms with E-state index in [1.54, 1.807) is 27.7 Å². The van der Waals surface area contributed by atoms with E-state index in [0.29, 0.717) is 0 Å². The van der Waals surface area contributed by atoms with E-state index in [0.717, 1.165) is 0 Å². The van der Waals surface area contributed by atoms with E-state index in [1.165, 1.54) is 6.92 Å². The maximum absolute atomic E-state index is 11.3. The Hall–Kier alpha value is -1.26. The maximum Gasteiger partial charge on any atom is 0.407 e. The normalized spacial score (nSPS) is 15.3. The van der Waals surface area contributed by atoms with Gasteiger partial charge in [-0.3, -0.25) is 4.79 Å². The third-order valence-corrected chi connectivity index (χ3v) is 1.88. The minimum atomic E-state index is -0.946. The van der Waals surface area contributed by atoms with Gasteiger partial charge in [0.1, 0.15) is 5.60 Å². The molecule has 0 aromatic rings. The van der Waals surface area contributed by atoms with Gasteiger partial charge in [0.2, 0.25) is 0 Å². The van der Waals surface area contributed by atoms with Crippen LogP contribution in [0, 0.1) is 5.92 Å². The van der Waals surface area contributed by atoms with Crippen LogP contribution in [0.2, 0.25) is 0 Å². The summed E-state index contributed by atoms with van der Waals surface area (Å²) in [6.45, 7) is 8.40. The number of rotatable bonds is 3. The number of aliphatic carboxylic acids is 1. The molecule has 0 aliphatic carbocycles. The van der Waals surface area contributed by atoms with Gasteiger partial charge < -0.3 is 15.2 Å². The topological polar surface area (TPSA) is 75.6 Å². The van der Waals surface area contributed by atoms with E-state index < -0.39 is 29.6 Å². The smallest absolute Gasteiger partial charge is 0.407 e. The molecule has 0 rings (SSSR count). The molecule has 0 aliphatic rings. The molecule has 15 heavy (non-hydrogen) atoms. The highest BCUT2D eigenvalue weighted by atomic mass is 16.6. The molecular formula is C10H19NO4. The Balaban J connectivity index is 4.13. The molecule has 0 aliphatic heterocycles. The van der Waals surface area contributed by atoms with E-state index >= 15 is 0 Å². The van der Waals surface area contributed by atoms with Gasteiger partial charge in [-0.2, -0.15) is 0 Å². The molecule has 0 heterocycles. The first-order chi connectivity index (χ1) is 6.63. The minimum Gasteiger partial charge on any atom is -0.481 e. The largest absolute Gasteiger partial charge is 0.481 e. The van der Waals surface area contributed by atoms with Crippen molar-refractivity contribution in [2.24, 2.45) is 5.92 Å². The second kappa shape index (κ2) is 5.00. The number of alkyl carbamates (subject to hydrolysis) is 1. The first kappa shape index (κ1) is 13.7. The molecule has 5 heteroatoms. The standard InChI is InChI=1S/C10H19NO4/c1-6(8(12)13)7(2)11-9(14)15-10(3,4)5/h6-7H,1-5H3,(H,11,14)(H,12,13)/t6-,7-/m1/s1. The summed E-state index contributed by atoms with van der Waals surface area (Å²) in [5, 5.41) is 11.2. The summed E-state index contributed by atoms with van der Waals surface area (Å²) in [6, 6.07) is -0.461. The minimum absolute atomic E-state index is 0.461. The second-order valence-electron chi connectivity index (χ2n) is 4.56. The monoisotopic (exact) mass is 217 g/mol. The molecule has 0 bridgehead atoms. The quantitative estimate of drug-likeness (QED) is 0.753. The highest BCUT2D eigenvalue weighted by Gasteiger charge is 2.23. The molecule has 0 radical (unpaired) electrons. The van der Waals surface area contributed by atoms with Crippen molar-refractivity contribution in [1.29, 1.82) is 0 Å². The SMILES string of the molecule is C[C@@H](NC(=O)OC(C)(C)C)[C@@H](C)C(=O)O. The van der Waals surface area contributed by atoms with Gasteiger partial charge in [-0.1, -0.05) is 0 Å². The van der Waals surface area contributed by atoms with Crippen molar-refractivity contribution in [1.82, 2.24) is 5.32 Å². The Labute approximate surface area is 89.8 Å². The molecule has 0 unspecified atom stereocenters. The Morgan fingerprint density at radius 2 is 1.73 bits per heavy atom. The fourth-order valence-corrected chi connectivity index (χ4v) is 0.832. The van der Waals surface area contributed by atoms with Crippen LogP contribution in [-0.2, 0) is 9.53 Å². The lowest BCUT2D eigenvalue weighted by molar-refractivity contribution is -0.141. The predicted molar refractivity (Wildman–Crippen MR) is 55.6 cm³/mol. The summed E-state index contributed by atoms with van der Waals surface area (Å²) in [5.41, 5.74) is -0.573. The van der Waals surface area contributed by atoms with Gasteiger partial charge in [-0.25, -0.2) is 4.79 Å². The van der Waals surface area contributed by atoms with Crippen molar-refractivity contribution < 1.29 is 19.4 Å². The highest BCUT2D eigenvalue weighted by Crippen LogP contribution is 2.08. The van der Waals surface area contributed by atoms with Gasteiger partial charge >= 0.3 is 12.1 Å². The molecule has 0 saturated carbocycles. The van der Waals surface area contributed by atoms with Gasteiger partial charge in [0, 0.05) is 6.04 Å². The number of carbonyl (C=O) groups is 2. The highest BCUT2D eigenvalue weighted by molar-refractivity contribution is 5.73. The van der Waals surface area contributed by atoms with Crippen molar-refractivity contribution in [3.8, 4) is 0 Å². The molecule has 1 amide bonds. The zero-order valence-electron chi connectivity index (χ0n) is 9.83. The third kappa shape index (κ3) is 5.93. The summed E-state index contributed by atoms with van der Waals surface area (Å²) in [7, 11) is 0. The lowest BCUT2D eigenvalue weighted by atomic mass is 10.0. The Kier molecular flexibility index (Phi) is 4.58. The summed E-state index contributed by atoms with van der Waals surface area (Å²) in [4.78, 5) is 21.9. The molecular weight excluding hydrogens is 198 g/mol. The molecule has 0 spiro atoms. The van der Waals surface area contributed by atoms with Crippen LogP contribution in [0.15, 0.2) is 0 Å². The average molecular weight is 217 g/mol. The molecule has 2 atom stereocenters. The Morgan fingerprint density at radius 3 is 2.07 bits per heavy atom. The van der Waals surface area contributed by atoms with E-state index in [2.05, 4.69) is 5.32 Å². The number of hydrogen-bond acceptors (Lipinski definition) is 3. The van der Waals surface area contributed by atoms with Gasteiger partial charge in [-0.05, 0) is 34.6 Å². The number of ether oxygens (including phenoxy) is 1. The maximum atomic E-state index is 11.3. The van der Waals surface area contributed by atoms with Crippen LogP contribution in [0.3, 0.4) is 0 Å². The van der Waals surface area contributed by atoms with Crippen LogP contribution in [0.5, 0.6) is 0 Å². The van der Waals surface area contributed by atoms with Crippen molar-refractivity contribution in [3.05, 3.63) is 0 Å². The fraction of sp³-hybridized carbons (Fsp3) is 0.800. The van der Waals surface area contributed by atoms with Crippen LogP contribution in [-0.4, -0.2) is 28.8 Å². The van der Waals surface area contributed by atoms with Gasteiger partial charge in [-0.15, -0.1) is 0 Å². The third-order valence-electron chi connectivity index (χ3n) is 1.88. The van der Waals surface area contributed by atoms with Gasteiger partial charge in [0.05, 0.1) is 5.92 Å². The number of amides is 1. The van der Waals surface area contributed by atoms with Crippen LogP contribution >= 0.6 is 0 Å². The summed E-state index contributed by atoms with van der Waals surface area (Å²) in [5.74, 6) is -1.59. The fourth-order valence-electron chi connectivity index (χ4n) is 0.832. The lowest BCUT2D eigenvalue weighted by Crippen LogP contribution is -2.42. The van der Waals surface area contributed by atoms with Gasteiger partial charge in [0.25, 0.3) is 0 Å². The molecule has 5 nitrogen and oxygen atoms in total. The van der Waals surface area contributed by atoms with E-state index in [-0.39, 0.29) is 0 Å². The summed E-state index contributed by atoms with van der Waals surface area (Å²) in [6.07, 6.45) is -0.594. The Morgan fingerprint density at radius 1 is 1.27 bits per heavy atom. The summed E-state index contributed by atoms with van der Waals surface area (Å²) < 4.78 is 5.00. The van der Waals surface area contributed by atoms with Crippen molar-refractivity contribution in [3.63, 3.8) is 0 Å². The molecule has 2 N–H and O–H groups in total. The predicted octanol–water partition coefficient (Wildman–Crippen LogP) is 1.62. The number of hydrogen-bond donors (Lipinski definition) is 2. The van der Waals surface area contributed by atoms with E-state index in [1.807, 2.05) is 0 Å². The lowest BCUT2D eigenvalue weighted by Gasteiger charge is -2.23. The zero-order valence-corrected chi connectivity index (χ0v) is 9.83. The van der Waals surface area contributed by atoms with Crippen molar-refractivity contribution in [2.75, 3.05) is 0 Å². The number of carbonyl (C=O) groups excluding carboxylic acids is 1. The number of carboxylic acid groups (broad SMARTS) is 1. The first-order valence-electron chi connectivity index (χ1n) is 4.86. The van der Waals surface area contributed by atoms with E-state index in [9.17, 15) is 9.59 Å². The van der Waals surface area contributed by atoms with Crippen LogP contribution in [0.4, 0.5) is 4.79 Å². The van der Waals surface area contributed by atoms with Crippen LogP contribution < -0.4 is 5.32 Å². The van der Waals surface area contributed by atoms with Crippen LogP contribution in [0.1, 0.15) is 34.6 Å². The van der Waals surface area contributed by atoms with Crippen molar-refractivity contribution >= 4 is 12.1 Å². The molecule has 0 aromatic carbocycles. The summed E-state index contributed by atoms with van der Waals surface area (Å²) >= 11 is 0. The van der Waals surface area contributed by atoms with E-state index in [4.69, 9.17) is 9.84 Å². The Bertz CT molecular complexity index is 244. The number of nitrogens with one attached hydrogen (secondary N) is 1. The average Bonchev–Trinajstić information content (AvgIpc) is 1.98. The second-order valence-corrected chi connectivity index (χ2v) is 4.56.